The van der Waals surface area contributed by atoms with Gasteiger partial charge in [-0.05, 0) is 28.3 Å². The highest BCUT2D eigenvalue weighted by Gasteiger charge is 2.21. The van der Waals surface area contributed by atoms with Gasteiger partial charge in [-0.1, -0.05) is 48.5 Å². The third-order valence-electron chi connectivity index (χ3n) is 3.73. The van der Waals surface area contributed by atoms with E-state index in [4.69, 9.17) is 9.68 Å². The number of rotatable bonds is 2. The second-order valence-corrected chi connectivity index (χ2v) is 4.66. The van der Waals surface area contributed by atoms with Gasteiger partial charge in [0.2, 0.25) is 0 Å². The summed E-state index contributed by atoms with van der Waals surface area (Å²) in [5, 5.41) is 11.3. The van der Waals surface area contributed by atoms with Gasteiger partial charge in [-0.15, -0.1) is 0 Å². The standard InChI is InChI=1S/C16H11BO2/c18-17-19-15-9-8-13-11-5-2-1-4-10(11)12-6-3-7-14(15)16(12)13/h1-9,17-18H. The normalized spacial score (nSPS) is 11.4. The van der Waals surface area contributed by atoms with E-state index in [9.17, 15) is 0 Å². The third-order valence-corrected chi connectivity index (χ3v) is 3.73. The molecule has 0 fully saturated rings. The quantitative estimate of drug-likeness (QED) is 0.550. The van der Waals surface area contributed by atoms with E-state index in [1.54, 1.807) is 0 Å². The van der Waals surface area contributed by atoms with Crippen LogP contribution >= 0.6 is 0 Å². The summed E-state index contributed by atoms with van der Waals surface area (Å²) in [5.41, 5.74) is 5.02. The van der Waals surface area contributed by atoms with E-state index in [1.165, 1.54) is 27.6 Å². The van der Waals surface area contributed by atoms with Crippen molar-refractivity contribution in [3.05, 3.63) is 54.6 Å². The van der Waals surface area contributed by atoms with Crippen molar-refractivity contribution in [2.45, 2.75) is 0 Å². The van der Waals surface area contributed by atoms with Crippen LogP contribution in [0.15, 0.2) is 54.6 Å². The van der Waals surface area contributed by atoms with Crippen LogP contribution in [0, 0.1) is 0 Å². The highest BCUT2D eigenvalue weighted by atomic mass is 16.5. The van der Waals surface area contributed by atoms with E-state index in [1.807, 2.05) is 18.2 Å². The molecule has 1 aliphatic rings. The Morgan fingerprint density at radius 3 is 2.16 bits per heavy atom. The van der Waals surface area contributed by atoms with Crippen molar-refractivity contribution >= 4 is 18.5 Å². The lowest BCUT2D eigenvalue weighted by Crippen LogP contribution is -2.00. The van der Waals surface area contributed by atoms with Gasteiger partial charge < -0.3 is 9.68 Å². The molecule has 3 aromatic carbocycles. The number of benzene rings is 3. The first kappa shape index (κ1) is 10.6. The molecule has 3 aromatic rings. The molecule has 0 heterocycles. The molecule has 0 bridgehead atoms. The van der Waals surface area contributed by atoms with Crippen LogP contribution in [0.1, 0.15) is 0 Å². The van der Waals surface area contributed by atoms with Crippen LogP contribution in [0.4, 0.5) is 0 Å². The zero-order valence-corrected chi connectivity index (χ0v) is 10.3. The summed E-state index contributed by atoms with van der Waals surface area (Å²) >= 11 is 0. The Morgan fingerprint density at radius 2 is 1.42 bits per heavy atom. The Morgan fingerprint density at radius 1 is 0.737 bits per heavy atom. The summed E-state index contributed by atoms with van der Waals surface area (Å²) in [7, 11) is -0.300. The van der Waals surface area contributed by atoms with Crippen molar-refractivity contribution in [2.75, 3.05) is 0 Å². The van der Waals surface area contributed by atoms with Gasteiger partial charge in [-0.3, -0.25) is 0 Å². The lowest BCUT2D eigenvalue weighted by molar-refractivity contribution is 0.457. The van der Waals surface area contributed by atoms with Crippen LogP contribution < -0.4 is 4.65 Å². The molecule has 0 radical (unpaired) electrons. The van der Waals surface area contributed by atoms with Crippen LogP contribution in [0.5, 0.6) is 5.75 Å². The lowest BCUT2D eigenvalue weighted by Gasteiger charge is -2.08. The molecule has 1 aliphatic carbocycles. The van der Waals surface area contributed by atoms with Crippen molar-refractivity contribution in [1.29, 1.82) is 0 Å². The minimum Gasteiger partial charge on any atom is -0.538 e. The van der Waals surface area contributed by atoms with E-state index in [2.05, 4.69) is 36.4 Å². The van der Waals surface area contributed by atoms with Crippen molar-refractivity contribution in [3.8, 4) is 28.0 Å². The molecule has 19 heavy (non-hydrogen) atoms. The summed E-state index contributed by atoms with van der Waals surface area (Å²) in [6.45, 7) is 0. The molecule has 3 heteroatoms. The maximum atomic E-state index is 8.98. The van der Waals surface area contributed by atoms with E-state index in [0.29, 0.717) is 0 Å². The van der Waals surface area contributed by atoms with Gasteiger partial charge in [-0.2, -0.15) is 0 Å². The summed E-state index contributed by atoms with van der Waals surface area (Å²) in [6.07, 6.45) is 0. The largest absolute Gasteiger partial charge is 0.538 e. The number of hydrogen-bond acceptors (Lipinski definition) is 2. The molecule has 4 rings (SSSR count). The van der Waals surface area contributed by atoms with Crippen LogP contribution in [-0.4, -0.2) is 12.7 Å². The predicted octanol–water partition coefficient (Wildman–Crippen LogP) is 3.12. The fourth-order valence-corrected chi connectivity index (χ4v) is 2.98. The zero-order chi connectivity index (χ0) is 12.8. The average molecular weight is 246 g/mol. The molecule has 0 amide bonds. The van der Waals surface area contributed by atoms with Gasteiger partial charge in [0.15, 0.2) is 0 Å². The van der Waals surface area contributed by atoms with Crippen molar-refractivity contribution in [3.63, 3.8) is 0 Å². The SMILES string of the molecule is OBOc1ccc2c3c(cccc13)-c1ccccc1-2. The molecule has 0 spiro atoms. The van der Waals surface area contributed by atoms with E-state index in [-0.39, 0.29) is 7.69 Å². The Kier molecular flexibility index (Phi) is 2.17. The summed E-state index contributed by atoms with van der Waals surface area (Å²) in [6, 6.07) is 18.6. The van der Waals surface area contributed by atoms with Gasteiger partial charge in [-0.25, -0.2) is 0 Å². The number of fused-ring (bicyclic) bond motifs is 3. The van der Waals surface area contributed by atoms with E-state index < -0.39 is 0 Å². The molecule has 0 saturated heterocycles. The van der Waals surface area contributed by atoms with Gasteiger partial charge in [0.05, 0.1) is 0 Å². The summed E-state index contributed by atoms with van der Waals surface area (Å²) in [4.78, 5) is 0. The Labute approximate surface area is 111 Å². The average Bonchev–Trinajstić information content (AvgIpc) is 2.79. The smallest absolute Gasteiger partial charge is 0.504 e. The van der Waals surface area contributed by atoms with Crippen LogP contribution in [-0.2, 0) is 0 Å². The van der Waals surface area contributed by atoms with E-state index >= 15 is 0 Å². The third kappa shape index (κ3) is 1.36. The maximum Gasteiger partial charge on any atom is 0.504 e. The van der Waals surface area contributed by atoms with Crippen molar-refractivity contribution in [2.24, 2.45) is 0 Å². The second-order valence-electron chi connectivity index (χ2n) is 4.66. The minimum absolute atomic E-state index is 0.300. The highest BCUT2D eigenvalue weighted by molar-refractivity contribution is 6.20. The molecular weight excluding hydrogens is 235 g/mol. The Balaban J connectivity index is 2.14. The fourth-order valence-electron chi connectivity index (χ4n) is 2.98. The minimum atomic E-state index is -0.300. The predicted molar refractivity (Wildman–Crippen MR) is 78.4 cm³/mol. The molecule has 0 aliphatic heterocycles. The molecule has 0 aromatic heterocycles. The monoisotopic (exact) mass is 246 g/mol. The highest BCUT2D eigenvalue weighted by Crippen LogP contribution is 2.48. The summed E-state index contributed by atoms with van der Waals surface area (Å²) < 4.78 is 5.31. The van der Waals surface area contributed by atoms with Gasteiger partial charge in [0, 0.05) is 10.8 Å². The second kappa shape index (κ2) is 3.87. The fraction of sp³-hybridized carbons (Fsp3) is 0. The first-order valence-corrected chi connectivity index (χ1v) is 6.29. The van der Waals surface area contributed by atoms with Crippen LogP contribution in [0.3, 0.4) is 0 Å². The van der Waals surface area contributed by atoms with Crippen LogP contribution in [0.2, 0.25) is 0 Å². The zero-order valence-electron chi connectivity index (χ0n) is 10.3. The Bertz CT molecular complexity index is 767. The molecule has 0 saturated carbocycles. The Hall–Kier alpha value is -2.26. The molecule has 0 unspecified atom stereocenters. The topological polar surface area (TPSA) is 29.5 Å². The van der Waals surface area contributed by atoms with Crippen LogP contribution in [0.25, 0.3) is 33.0 Å². The van der Waals surface area contributed by atoms with Crippen molar-refractivity contribution in [1.82, 2.24) is 0 Å². The van der Waals surface area contributed by atoms with E-state index in [0.717, 1.165) is 11.1 Å². The molecule has 2 nitrogen and oxygen atoms in total. The number of hydrogen-bond donors (Lipinski definition) is 1. The van der Waals surface area contributed by atoms with Gasteiger partial charge in [0.25, 0.3) is 0 Å². The first-order valence-electron chi connectivity index (χ1n) is 6.29. The first-order chi connectivity index (χ1) is 9.40. The van der Waals surface area contributed by atoms with Gasteiger partial charge >= 0.3 is 7.69 Å². The van der Waals surface area contributed by atoms with Crippen molar-refractivity contribution < 1.29 is 9.68 Å². The molecule has 0 atom stereocenters. The molecule has 1 N–H and O–H groups in total. The molecular formula is C16H11BO2. The summed E-state index contributed by atoms with van der Waals surface area (Å²) in [5.74, 6) is 0.732. The maximum absolute atomic E-state index is 8.98. The molecule has 90 valence electrons. The lowest BCUT2D eigenvalue weighted by atomic mass is 10.0. The van der Waals surface area contributed by atoms with Gasteiger partial charge in [0.1, 0.15) is 5.75 Å².